The number of rotatable bonds is 5. The Morgan fingerprint density at radius 3 is 2.84 bits per heavy atom. The lowest BCUT2D eigenvalue weighted by Gasteiger charge is -2.16. The zero-order chi connectivity index (χ0) is 13.8. The predicted octanol–water partition coefficient (Wildman–Crippen LogP) is 1.32. The van der Waals surface area contributed by atoms with Crippen LogP contribution in [0, 0.1) is 0 Å². The lowest BCUT2D eigenvalue weighted by atomic mass is 10.4. The molecule has 0 radical (unpaired) electrons. The second kappa shape index (κ2) is 5.94. The third-order valence-corrected chi connectivity index (χ3v) is 3.38. The van der Waals surface area contributed by atoms with E-state index in [0.29, 0.717) is 24.8 Å². The van der Waals surface area contributed by atoms with Gasteiger partial charge in [0.05, 0.1) is 18.0 Å². The minimum atomic E-state index is 0.0421. The number of likely N-dealkylation sites (N-methyl/N-ethyl adjacent to an activating group) is 2. The highest BCUT2D eigenvalue weighted by Gasteiger charge is 2.14. The van der Waals surface area contributed by atoms with E-state index in [1.807, 2.05) is 29.5 Å². The van der Waals surface area contributed by atoms with Gasteiger partial charge < -0.3 is 9.42 Å². The van der Waals surface area contributed by atoms with E-state index >= 15 is 0 Å². The van der Waals surface area contributed by atoms with Crippen LogP contribution in [0.25, 0.3) is 10.7 Å². The Hall–Kier alpha value is -1.73. The highest BCUT2D eigenvalue weighted by Crippen LogP contribution is 2.21. The smallest absolute Gasteiger partial charge is 0.241 e. The Labute approximate surface area is 115 Å². The molecule has 0 saturated heterocycles. The fourth-order valence-electron chi connectivity index (χ4n) is 1.48. The number of aromatic nitrogens is 2. The molecule has 0 unspecified atom stereocenters. The number of carbonyl (C=O) groups is 1. The highest BCUT2D eigenvalue weighted by molar-refractivity contribution is 7.13. The van der Waals surface area contributed by atoms with Gasteiger partial charge in [-0.05, 0) is 18.5 Å². The molecule has 2 heterocycles. The van der Waals surface area contributed by atoms with Crippen molar-refractivity contribution in [1.29, 1.82) is 0 Å². The summed E-state index contributed by atoms with van der Waals surface area (Å²) < 4.78 is 5.18. The van der Waals surface area contributed by atoms with Gasteiger partial charge in [0.1, 0.15) is 0 Å². The molecule has 0 N–H and O–H groups in total. The summed E-state index contributed by atoms with van der Waals surface area (Å²) in [5, 5.41) is 5.89. The van der Waals surface area contributed by atoms with E-state index < -0.39 is 0 Å². The van der Waals surface area contributed by atoms with Crippen LogP contribution in [0.4, 0.5) is 0 Å². The molecule has 0 atom stereocenters. The van der Waals surface area contributed by atoms with Gasteiger partial charge in [-0.3, -0.25) is 9.69 Å². The van der Waals surface area contributed by atoms with Crippen LogP contribution in [0.1, 0.15) is 5.89 Å². The molecule has 7 heteroatoms. The van der Waals surface area contributed by atoms with Crippen LogP contribution in [-0.2, 0) is 11.3 Å². The summed E-state index contributed by atoms with van der Waals surface area (Å²) in [5.41, 5.74) is 0. The minimum Gasteiger partial charge on any atom is -0.348 e. The van der Waals surface area contributed by atoms with Gasteiger partial charge in [-0.15, -0.1) is 11.3 Å². The molecular weight excluding hydrogens is 264 g/mol. The molecule has 0 bridgehead atoms. The standard InChI is InChI=1S/C12H16N4O2S/c1-15(2)11(17)8-16(3)7-10-13-12(14-18-10)9-5-4-6-19-9/h4-6H,7-8H2,1-3H3. The van der Waals surface area contributed by atoms with Crippen LogP contribution in [0.5, 0.6) is 0 Å². The maximum atomic E-state index is 11.6. The Kier molecular flexibility index (Phi) is 4.28. The molecule has 0 aliphatic carbocycles. The Morgan fingerprint density at radius 2 is 2.21 bits per heavy atom. The predicted molar refractivity (Wildman–Crippen MR) is 72.6 cm³/mol. The molecule has 2 aromatic rings. The van der Waals surface area contributed by atoms with E-state index in [1.165, 1.54) is 0 Å². The molecule has 19 heavy (non-hydrogen) atoms. The molecule has 0 fully saturated rings. The quantitative estimate of drug-likeness (QED) is 0.826. The van der Waals surface area contributed by atoms with Gasteiger partial charge in [-0.1, -0.05) is 11.2 Å². The molecule has 2 rings (SSSR count). The molecule has 0 aliphatic heterocycles. The summed E-state index contributed by atoms with van der Waals surface area (Å²) in [6, 6.07) is 3.89. The molecule has 0 saturated carbocycles. The molecule has 0 spiro atoms. The first kappa shape index (κ1) is 13.7. The molecule has 2 aromatic heterocycles. The second-order valence-electron chi connectivity index (χ2n) is 4.45. The molecule has 6 nitrogen and oxygen atoms in total. The topological polar surface area (TPSA) is 62.5 Å². The molecule has 0 aromatic carbocycles. The van der Waals surface area contributed by atoms with Crippen LogP contribution < -0.4 is 0 Å². The van der Waals surface area contributed by atoms with Gasteiger partial charge >= 0.3 is 0 Å². The maximum absolute atomic E-state index is 11.6. The van der Waals surface area contributed by atoms with Crippen molar-refractivity contribution in [2.24, 2.45) is 0 Å². The fourth-order valence-corrected chi connectivity index (χ4v) is 2.13. The van der Waals surface area contributed by atoms with Crippen LogP contribution in [0.3, 0.4) is 0 Å². The minimum absolute atomic E-state index is 0.0421. The summed E-state index contributed by atoms with van der Waals surface area (Å²) in [6.07, 6.45) is 0. The molecule has 1 amide bonds. The second-order valence-corrected chi connectivity index (χ2v) is 5.40. The summed E-state index contributed by atoms with van der Waals surface area (Å²) in [5.74, 6) is 1.15. The summed E-state index contributed by atoms with van der Waals surface area (Å²) in [6.45, 7) is 0.779. The summed E-state index contributed by atoms with van der Waals surface area (Å²) >= 11 is 1.56. The van der Waals surface area contributed by atoms with E-state index in [0.717, 1.165) is 4.88 Å². The van der Waals surface area contributed by atoms with Crippen LogP contribution >= 0.6 is 11.3 Å². The van der Waals surface area contributed by atoms with Crippen molar-refractivity contribution in [3.8, 4) is 10.7 Å². The third-order valence-electron chi connectivity index (χ3n) is 2.52. The van der Waals surface area contributed by atoms with Crippen molar-refractivity contribution in [3.63, 3.8) is 0 Å². The first-order valence-corrected chi connectivity index (χ1v) is 6.69. The molecule has 0 aliphatic rings. The van der Waals surface area contributed by atoms with Gasteiger partial charge in [-0.25, -0.2) is 0 Å². The van der Waals surface area contributed by atoms with Crippen molar-refractivity contribution in [2.75, 3.05) is 27.7 Å². The fraction of sp³-hybridized carbons (Fsp3) is 0.417. The van der Waals surface area contributed by atoms with E-state index in [4.69, 9.17) is 4.52 Å². The van der Waals surface area contributed by atoms with E-state index in [2.05, 4.69) is 10.1 Å². The van der Waals surface area contributed by atoms with Crippen molar-refractivity contribution >= 4 is 17.2 Å². The monoisotopic (exact) mass is 280 g/mol. The number of nitrogens with zero attached hydrogens (tertiary/aromatic N) is 4. The SMILES string of the molecule is CN(CC(=O)N(C)C)Cc1nc(-c2cccs2)no1. The molecular formula is C12H16N4O2S. The van der Waals surface area contributed by atoms with Crippen LogP contribution in [0.15, 0.2) is 22.0 Å². The van der Waals surface area contributed by atoms with Crippen molar-refractivity contribution in [2.45, 2.75) is 6.54 Å². The van der Waals surface area contributed by atoms with Gasteiger partial charge in [0, 0.05) is 14.1 Å². The maximum Gasteiger partial charge on any atom is 0.241 e. The number of amides is 1. The van der Waals surface area contributed by atoms with Crippen LogP contribution in [0.2, 0.25) is 0 Å². The number of hydrogen-bond donors (Lipinski definition) is 0. The Morgan fingerprint density at radius 1 is 1.42 bits per heavy atom. The van der Waals surface area contributed by atoms with Crippen molar-refractivity contribution < 1.29 is 9.32 Å². The average molecular weight is 280 g/mol. The number of carbonyl (C=O) groups excluding carboxylic acids is 1. The first-order valence-electron chi connectivity index (χ1n) is 5.81. The van der Waals surface area contributed by atoms with Gasteiger partial charge in [0.2, 0.25) is 17.6 Å². The third kappa shape index (κ3) is 3.62. The molecule has 102 valence electrons. The van der Waals surface area contributed by atoms with Gasteiger partial charge in [-0.2, -0.15) is 4.98 Å². The number of thiophene rings is 1. The van der Waals surface area contributed by atoms with Gasteiger partial charge in [0.25, 0.3) is 0 Å². The largest absolute Gasteiger partial charge is 0.348 e. The summed E-state index contributed by atoms with van der Waals surface area (Å²) in [7, 11) is 5.31. The normalized spacial score (nSPS) is 10.9. The van der Waals surface area contributed by atoms with Crippen molar-refractivity contribution in [1.82, 2.24) is 19.9 Å². The van der Waals surface area contributed by atoms with Crippen molar-refractivity contribution in [3.05, 3.63) is 23.4 Å². The van der Waals surface area contributed by atoms with Crippen LogP contribution in [-0.4, -0.2) is 53.5 Å². The van der Waals surface area contributed by atoms with Gasteiger partial charge in [0.15, 0.2) is 0 Å². The number of hydrogen-bond acceptors (Lipinski definition) is 6. The highest BCUT2D eigenvalue weighted by atomic mass is 32.1. The summed E-state index contributed by atoms with van der Waals surface area (Å²) in [4.78, 5) is 20.2. The first-order chi connectivity index (χ1) is 9.06. The zero-order valence-electron chi connectivity index (χ0n) is 11.2. The van der Waals surface area contributed by atoms with E-state index in [-0.39, 0.29) is 5.91 Å². The lowest BCUT2D eigenvalue weighted by Crippen LogP contribution is -2.34. The Bertz CT molecular complexity index is 536. The van der Waals surface area contributed by atoms with E-state index in [9.17, 15) is 4.79 Å². The lowest BCUT2D eigenvalue weighted by molar-refractivity contribution is -0.129. The van der Waals surface area contributed by atoms with E-state index in [1.54, 1.807) is 30.3 Å². The Balaban J connectivity index is 1.95. The zero-order valence-corrected chi connectivity index (χ0v) is 12.0. The average Bonchev–Trinajstić information content (AvgIpc) is 2.97.